The number of aromatic nitrogens is 1. The highest BCUT2D eigenvalue weighted by molar-refractivity contribution is 9.10. The third-order valence-corrected chi connectivity index (χ3v) is 3.00. The summed E-state index contributed by atoms with van der Waals surface area (Å²) in [6.07, 6.45) is -1.98. The maximum atomic E-state index is 12.2. The van der Waals surface area contributed by atoms with E-state index in [1.807, 2.05) is 0 Å². The Morgan fingerprint density at radius 2 is 1.95 bits per heavy atom. The maximum Gasteiger partial charge on any atom is 0.573 e. The zero-order valence-electron chi connectivity index (χ0n) is 9.82. The highest BCUT2D eigenvalue weighted by Gasteiger charge is 2.32. The van der Waals surface area contributed by atoms with Crippen LogP contribution in [0.5, 0.6) is 5.75 Å². The number of ketones is 1. The average molecular weight is 346 g/mol. The first-order valence-corrected chi connectivity index (χ1v) is 6.16. The molecule has 1 heterocycles. The van der Waals surface area contributed by atoms with Crippen molar-refractivity contribution in [2.24, 2.45) is 0 Å². The molecule has 0 aliphatic carbocycles. The van der Waals surface area contributed by atoms with Gasteiger partial charge in [0.25, 0.3) is 0 Å². The lowest BCUT2D eigenvalue weighted by atomic mass is 10.1. The number of hydrogen-bond donors (Lipinski definition) is 0. The molecule has 1 aromatic carbocycles. The lowest BCUT2D eigenvalue weighted by molar-refractivity contribution is -0.274. The van der Waals surface area contributed by atoms with Crippen molar-refractivity contribution in [2.45, 2.75) is 6.36 Å². The van der Waals surface area contributed by atoms with E-state index in [0.717, 1.165) is 6.07 Å². The number of alkyl halides is 3. The predicted molar refractivity (Wildman–Crippen MR) is 68.5 cm³/mol. The number of carbonyl (C=O) groups excluding carboxylic acids is 1. The zero-order chi connectivity index (χ0) is 14.8. The van der Waals surface area contributed by atoms with E-state index in [-0.39, 0.29) is 15.6 Å². The van der Waals surface area contributed by atoms with E-state index in [4.69, 9.17) is 0 Å². The van der Waals surface area contributed by atoms with Gasteiger partial charge in [0.1, 0.15) is 5.75 Å². The monoisotopic (exact) mass is 345 g/mol. The Kier molecular flexibility index (Phi) is 4.08. The topological polar surface area (TPSA) is 39.2 Å². The van der Waals surface area contributed by atoms with Crippen LogP contribution in [0.3, 0.4) is 0 Å². The Morgan fingerprint density at radius 1 is 1.20 bits per heavy atom. The molecule has 7 heteroatoms. The van der Waals surface area contributed by atoms with Crippen molar-refractivity contribution in [1.82, 2.24) is 4.98 Å². The number of hydrogen-bond acceptors (Lipinski definition) is 3. The van der Waals surface area contributed by atoms with Crippen molar-refractivity contribution in [3.63, 3.8) is 0 Å². The summed E-state index contributed by atoms with van der Waals surface area (Å²) in [6, 6.07) is 6.86. The Morgan fingerprint density at radius 3 is 2.55 bits per heavy atom. The van der Waals surface area contributed by atoms with Crippen LogP contribution < -0.4 is 4.74 Å². The SMILES string of the molecule is O=C(c1cccnc1)c1ccc(Br)c(OC(F)(F)F)c1. The molecule has 2 rings (SSSR count). The smallest absolute Gasteiger partial charge is 0.405 e. The number of rotatable bonds is 3. The average Bonchev–Trinajstić information content (AvgIpc) is 2.40. The molecule has 104 valence electrons. The molecule has 0 bridgehead atoms. The molecule has 0 saturated heterocycles. The normalized spacial score (nSPS) is 11.2. The molecule has 2 aromatic rings. The fraction of sp³-hybridized carbons (Fsp3) is 0.0769. The number of ether oxygens (including phenoxy) is 1. The summed E-state index contributed by atoms with van der Waals surface area (Å²) in [6.45, 7) is 0. The van der Waals surface area contributed by atoms with Crippen LogP contribution in [0.15, 0.2) is 47.2 Å². The van der Waals surface area contributed by atoms with Gasteiger partial charge < -0.3 is 4.74 Å². The lowest BCUT2D eigenvalue weighted by Crippen LogP contribution is -2.17. The molecule has 0 unspecified atom stereocenters. The Balaban J connectivity index is 2.34. The summed E-state index contributed by atoms with van der Waals surface area (Å²) < 4.78 is 40.7. The van der Waals surface area contributed by atoms with E-state index in [1.165, 1.54) is 30.6 Å². The molecule has 0 aliphatic rings. The van der Waals surface area contributed by atoms with Gasteiger partial charge >= 0.3 is 6.36 Å². The summed E-state index contributed by atoms with van der Waals surface area (Å²) in [5.41, 5.74) is 0.369. The van der Waals surface area contributed by atoms with Gasteiger partial charge in [-0.15, -0.1) is 13.2 Å². The van der Waals surface area contributed by atoms with Gasteiger partial charge in [0.15, 0.2) is 5.78 Å². The second kappa shape index (κ2) is 5.62. The van der Waals surface area contributed by atoms with Crippen LogP contribution in [0.1, 0.15) is 15.9 Å². The molecule has 0 aliphatic heterocycles. The molecule has 0 amide bonds. The van der Waals surface area contributed by atoms with Crippen molar-refractivity contribution < 1.29 is 22.7 Å². The van der Waals surface area contributed by atoms with Gasteiger partial charge in [-0.2, -0.15) is 0 Å². The number of halogens is 4. The van der Waals surface area contributed by atoms with E-state index in [1.54, 1.807) is 6.07 Å². The molecule has 0 saturated carbocycles. The van der Waals surface area contributed by atoms with E-state index in [0.29, 0.717) is 0 Å². The quantitative estimate of drug-likeness (QED) is 0.790. The van der Waals surface area contributed by atoms with Crippen molar-refractivity contribution in [3.8, 4) is 5.75 Å². The molecular formula is C13H7BrF3NO2. The molecule has 20 heavy (non-hydrogen) atoms. The number of benzene rings is 1. The van der Waals surface area contributed by atoms with Gasteiger partial charge in [0, 0.05) is 23.5 Å². The van der Waals surface area contributed by atoms with Crippen LogP contribution >= 0.6 is 15.9 Å². The van der Waals surface area contributed by atoms with Gasteiger partial charge in [0.05, 0.1) is 4.47 Å². The van der Waals surface area contributed by atoms with Gasteiger partial charge in [-0.05, 0) is 46.3 Å². The molecular weight excluding hydrogens is 339 g/mol. The lowest BCUT2D eigenvalue weighted by Gasteiger charge is -2.11. The molecule has 0 N–H and O–H groups in total. The summed E-state index contributed by atoms with van der Waals surface area (Å²) in [4.78, 5) is 15.9. The first-order valence-electron chi connectivity index (χ1n) is 5.37. The number of pyridine rings is 1. The van der Waals surface area contributed by atoms with Crippen LogP contribution in [0.2, 0.25) is 0 Å². The maximum absolute atomic E-state index is 12.2. The molecule has 3 nitrogen and oxygen atoms in total. The number of nitrogens with zero attached hydrogens (tertiary/aromatic N) is 1. The van der Waals surface area contributed by atoms with Crippen molar-refractivity contribution >= 4 is 21.7 Å². The molecule has 0 radical (unpaired) electrons. The van der Waals surface area contributed by atoms with Crippen molar-refractivity contribution in [2.75, 3.05) is 0 Å². The summed E-state index contributed by atoms with van der Waals surface area (Å²) >= 11 is 2.94. The van der Waals surface area contributed by atoms with E-state index in [9.17, 15) is 18.0 Å². The highest BCUT2D eigenvalue weighted by atomic mass is 79.9. The highest BCUT2D eigenvalue weighted by Crippen LogP contribution is 2.31. The zero-order valence-corrected chi connectivity index (χ0v) is 11.4. The van der Waals surface area contributed by atoms with Crippen LogP contribution in [0.25, 0.3) is 0 Å². The minimum atomic E-state index is -4.82. The van der Waals surface area contributed by atoms with E-state index < -0.39 is 17.9 Å². The van der Waals surface area contributed by atoms with Gasteiger partial charge in [0.2, 0.25) is 0 Å². The minimum absolute atomic E-state index is 0.0838. The van der Waals surface area contributed by atoms with Crippen LogP contribution in [0, 0.1) is 0 Å². The summed E-state index contributed by atoms with van der Waals surface area (Å²) in [5.74, 6) is -0.898. The second-order valence-corrected chi connectivity index (χ2v) is 4.62. The van der Waals surface area contributed by atoms with Crippen LogP contribution in [0.4, 0.5) is 13.2 Å². The van der Waals surface area contributed by atoms with Crippen molar-refractivity contribution in [3.05, 3.63) is 58.3 Å². The second-order valence-electron chi connectivity index (χ2n) is 3.76. The van der Waals surface area contributed by atoms with Gasteiger partial charge in [-0.3, -0.25) is 9.78 Å². The summed E-state index contributed by atoms with van der Waals surface area (Å²) in [5, 5.41) is 0. The Bertz CT molecular complexity index is 629. The molecule has 0 spiro atoms. The molecule has 0 fully saturated rings. The van der Waals surface area contributed by atoms with Crippen LogP contribution in [-0.2, 0) is 0 Å². The fourth-order valence-electron chi connectivity index (χ4n) is 1.51. The van der Waals surface area contributed by atoms with Gasteiger partial charge in [-0.1, -0.05) is 0 Å². The van der Waals surface area contributed by atoms with E-state index in [2.05, 4.69) is 25.7 Å². The molecule has 1 aromatic heterocycles. The molecule has 0 atom stereocenters. The van der Waals surface area contributed by atoms with Crippen LogP contribution in [-0.4, -0.2) is 17.1 Å². The summed E-state index contributed by atoms with van der Waals surface area (Å²) in [7, 11) is 0. The Hall–Kier alpha value is -1.89. The Labute approximate surface area is 120 Å². The minimum Gasteiger partial charge on any atom is -0.405 e. The third kappa shape index (κ3) is 3.57. The van der Waals surface area contributed by atoms with Crippen molar-refractivity contribution in [1.29, 1.82) is 0 Å². The van der Waals surface area contributed by atoms with E-state index >= 15 is 0 Å². The standard InChI is InChI=1S/C13H7BrF3NO2/c14-10-4-3-8(6-11(10)20-13(15,16)17)12(19)9-2-1-5-18-7-9/h1-7H. The number of carbonyl (C=O) groups is 1. The van der Waals surface area contributed by atoms with Gasteiger partial charge in [-0.25, -0.2) is 0 Å². The largest absolute Gasteiger partial charge is 0.573 e. The third-order valence-electron chi connectivity index (χ3n) is 2.34. The first-order chi connectivity index (χ1) is 9.37. The predicted octanol–water partition coefficient (Wildman–Crippen LogP) is 3.97. The fourth-order valence-corrected chi connectivity index (χ4v) is 1.84. The first kappa shape index (κ1) is 14.5.